The zero-order chi connectivity index (χ0) is 8.69. The molecule has 4 heteroatoms. The lowest BCUT2D eigenvalue weighted by Crippen LogP contribution is -2.29. The number of alkyl carbamates (subject to hydrolysis) is 1. The lowest BCUT2D eigenvalue weighted by Gasteiger charge is -2.04. The fourth-order valence-corrected chi connectivity index (χ4v) is 0.491. The number of hydrogen-bond acceptors (Lipinski definition) is 2. The molecule has 0 aromatic rings. The fourth-order valence-electron chi connectivity index (χ4n) is 0.414. The Balaban J connectivity index is 3.39. The second-order valence-electron chi connectivity index (χ2n) is 1.74. The predicted molar refractivity (Wildman–Crippen MR) is 43.5 cm³/mol. The summed E-state index contributed by atoms with van der Waals surface area (Å²) >= 11 is 5.50. The summed E-state index contributed by atoms with van der Waals surface area (Å²) in [5, 5.41) is 1.93. The van der Waals surface area contributed by atoms with Gasteiger partial charge in [-0.15, -0.1) is 18.0 Å². The SMILES string of the molecule is C#C[C@@H](Cl)CNC(=O)OCC. The summed E-state index contributed by atoms with van der Waals surface area (Å²) in [7, 11) is 0. The van der Waals surface area contributed by atoms with Crippen molar-refractivity contribution in [1.29, 1.82) is 0 Å². The average Bonchev–Trinajstić information content (AvgIpc) is 2.01. The first-order chi connectivity index (χ1) is 5.20. The monoisotopic (exact) mass is 175 g/mol. The van der Waals surface area contributed by atoms with Crippen molar-refractivity contribution in [2.75, 3.05) is 13.2 Å². The topological polar surface area (TPSA) is 38.3 Å². The highest BCUT2D eigenvalue weighted by Gasteiger charge is 2.02. The maximum Gasteiger partial charge on any atom is 0.407 e. The number of ether oxygens (including phenoxy) is 1. The van der Waals surface area contributed by atoms with Crippen LogP contribution in [0.15, 0.2) is 0 Å². The van der Waals surface area contributed by atoms with Gasteiger partial charge in [0, 0.05) is 6.54 Å². The summed E-state index contributed by atoms with van der Waals surface area (Å²) in [6.45, 7) is 2.30. The number of halogens is 1. The molecule has 0 unspecified atom stereocenters. The third-order valence-corrected chi connectivity index (χ3v) is 1.16. The third kappa shape index (κ3) is 5.56. The van der Waals surface area contributed by atoms with Crippen molar-refractivity contribution in [3.63, 3.8) is 0 Å². The standard InChI is InChI=1S/C7H10ClNO2/c1-3-6(8)5-9-7(10)11-4-2/h1,6H,4-5H2,2H3,(H,9,10)/t6-/m1/s1. The Morgan fingerprint density at radius 1 is 1.91 bits per heavy atom. The number of amides is 1. The molecule has 11 heavy (non-hydrogen) atoms. The molecule has 1 N–H and O–H groups in total. The highest BCUT2D eigenvalue weighted by molar-refractivity contribution is 6.22. The molecule has 0 bridgehead atoms. The van der Waals surface area contributed by atoms with Crippen LogP contribution in [0.25, 0.3) is 0 Å². The Bertz CT molecular complexity index is 164. The fraction of sp³-hybridized carbons (Fsp3) is 0.571. The van der Waals surface area contributed by atoms with Gasteiger partial charge in [-0.2, -0.15) is 0 Å². The van der Waals surface area contributed by atoms with Crippen LogP contribution >= 0.6 is 11.6 Å². The summed E-state index contributed by atoms with van der Waals surface area (Å²) in [6, 6.07) is 0. The lowest BCUT2D eigenvalue weighted by molar-refractivity contribution is 0.152. The molecule has 0 rings (SSSR count). The molecule has 0 saturated heterocycles. The first-order valence-electron chi connectivity index (χ1n) is 3.21. The molecule has 0 aliphatic heterocycles. The van der Waals surface area contributed by atoms with E-state index in [1.165, 1.54) is 0 Å². The first-order valence-corrected chi connectivity index (χ1v) is 3.65. The highest BCUT2D eigenvalue weighted by atomic mass is 35.5. The quantitative estimate of drug-likeness (QED) is 0.513. The van der Waals surface area contributed by atoms with Crippen molar-refractivity contribution in [3.8, 4) is 12.3 Å². The summed E-state index contributed by atoms with van der Waals surface area (Å²) in [5.74, 6) is 2.26. The molecule has 0 radical (unpaired) electrons. The van der Waals surface area contributed by atoms with Crippen LogP contribution in [0.4, 0.5) is 4.79 Å². The van der Waals surface area contributed by atoms with Crippen LogP contribution < -0.4 is 5.32 Å². The van der Waals surface area contributed by atoms with Crippen LogP contribution in [0.1, 0.15) is 6.92 Å². The molecule has 62 valence electrons. The number of hydrogen-bond donors (Lipinski definition) is 1. The van der Waals surface area contributed by atoms with Gasteiger partial charge >= 0.3 is 6.09 Å². The molecule has 1 amide bonds. The predicted octanol–water partition coefficient (Wildman–Crippen LogP) is 0.973. The molecule has 0 aromatic heterocycles. The van der Waals surface area contributed by atoms with Gasteiger partial charge in [-0.1, -0.05) is 5.92 Å². The largest absolute Gasteiger partial charge is 0.450 e. The van der Waals surface area contributed by atoms with E-state index in [4.69, 9.17) is 18.0 Å². The number of terminal acetylenes is 1. The molecule has 3 nitrogen and oxygen atoms in total. The van der Waals surface area contributed by atoms with Gasteiger partial charge in [0.05, 0.1) is 6.61 Å². The van der Waals surface area contributed by atoms with Crippen molar-refractivity contribution in [3.05, 3.63) is 0 Å². The molecule has 0 heterocycles. The van der Waals surface area contributed by atoms with E-state index in [1.807, 2.05) is 0 Å². The van der Waals surface area contributed by atoms with Crippen molar-refractivity contribution in [2.24, 2.45) is 0 Å². The van der Waals surface area contributed by atoms with Crippen molar-refractivity contribution >= 4 is 17.7 Å². The highest BCUT2D eigenvalue weighted by Crippen LogP contribution is 1.89. The van der Waals surface area contributed by atoms with E-state index in [0.717, 1.165) is 0 Å². The van der Waals surface area contributed by atoms with Crippen molar-refractivity contribution in [2.45, 2.75) is 12.3 Å². The Morgan fingerprint density at radius 3 is 3.00 bits per heavy atom. The Kier molecular flexibility index (Phi) is 5.40. The number of carbonyl (C=O) groups excluding carboxylic acids is 1. The van der Waals surface area contributed by atoms with Gasteiger partial charge < -0.3 is 10.1 Å². The van der Waals surface area contributed by atoms with E-state index in [-0.39, 0.29) is 6.54 Å². The average molecular weight is 176 g/mol. The van der Waals surface area contributed by atoms with Crippen LogP contribution in [0.5, 0.6) is 0 Å². The number of carbonyl (C=O) groups is 1. The molecular formula is C7H10ClNO2. The van der Waals surface area contributed by atoms with Gasteiger partial charge in [-0.25, -0.2) is 4.79 Å². The van der Waals surface area contributed by atoms with Crippen LogP contribution in [-0.2, 0) is 4.74 Å². The van der Waals surface area contributed by atoms with E-state index < -0.39 is 11.5 Å². The van der Waals surface area contributed by atoms with Crippen LogP contribution in [0.3, 0.4) is 0 Å². The third-order valence-electron chi connectivity index (χ3n) is 0.882. The lowest BCUT2D eigenvalue weighted by atomic mass is 10.4. The minimum Gasteiger partial charge on any atom is -0.450 e. The zero-order valence-corrected chi connectivity index (χ0v) is 7.02. The molecule has 0 fully saturated rings. The first kappa shape index (κ1) is 10.1. The molecule has 0 saturated carbocycles. The minimum absolute atomic E-state index is 0.233. The Labute approximate surface area is 71.1 Å². The van der Waals surface area contributed by atoms with Crippen molar-refractivity contribution < 1.29 is 9.53 Å². The van der Waals surface area contributed by atoms with Gasteiger partial charge in [0.1, 0.15) is 5.38 Å². The summed E-state index contributed by atoms with van der Waals surface area (Å²) in [4.78, 5) is 10.6. The van der Waals surface area contributed by atoms with Gasteiger partial charge in [-0.3, -0.25) is 0 Å². The Morgan fingerprint density at radius 2 is 2.55 bits per heavy atom. The van der Waals surface area contributed by atoms with Crippen LogP contribution in [0.2, 0.25) is 0 Å². The number of alkyl halides is 1. The number of rotatable bonds is 3. The van der Waals surface area contributed by atoms with Gasteiger partial charge in [0.2, 0.25) is 0 Å². The second-order valence-corrected chi connectivity index (χ2v) is 2.26. The second kappa shape index (κ2) is 5.87. The summed E-state index contributed by atoms with van der Waals surface area (Å²) < 4.78 is 4.56. The van der Waals surface area contributed by atoms with Crippen LogP contribution in [-0.4, -0.2) is 24.6 Å². The molecule has 1 atom stereocenters. The smallest absolute Gasteiger partial charge is 0.407 e. The summed E-state index contributed by atoms with van der Waals surface area (Å²) in [6.07, 6.45) is 4.47. The maximum absolute atomic E-state index is 10.6. The van der Waals surface area contributed by atoms with E-state index in [1.54, 1.807) is 6.92 Å². The van der Waals surface area contributed by atoms with Gasteiger partial charge in [0.15, 0.2) is 0 Å². The van der Waals surface area contributed by atoms with Crippen LogP contribution in [0, 0.1) is 12.3 Å². The summed E-state index contributed by atoms with van der Waals surface area (Å²) in [5.41, 5.74) is 0. The zero-order valence-electron chi connectivity index (χ0n) is 6.26. The van der Waals surface area contributed by atoms with E-state index >= 15 is 0 Å². The number of nitrogens with one attached hydrogen (secondary N) is 1. The van der Waals surface area contributed by atoms with E-state index in [2.05, 4.69) is 16.0 Å². The van der Waals surface area contributed by atoms with E-state index in [0.29, 0.717) is 6.61 Å². The normalized spacial score (nSPS) is 11.4. The van der Waals surface area contributed by atoms with Gasteiger partial charge in [0.25, 0.3) is 0 Å². The molecule has 0 spiro atoms. The molecule has 0 aliphatic carbocycles. The van der Waals surface area contributed by atoms with E-state index in [9.17, 15) is 4.79 Å². The van der Waals surface area contributed by atoms with Crippen molar-refractivity contribution in [1.82, 2.24) is 5.32 Å². The van der Waals surface area contributed by atoms with Gasteiger partial charge in [-0.05, 0) is 6.92 Å². The Hall–Kier alpha value is -0.880. The minimum atomic E-state index is -0.492. The maximum atomic E-state index is 10.6. The molecular weight excluding hydrogens is 166 g/mol. The molecule has 0 aromatic carbocycles. The molecule has 0 aliphatic rings.